The predicted octanol–water partition coefficient (Wildman–Crippen LogP) is 3.00. The van der Waals surface area contributed by atoms with Crippen LogP contribution in [0.25, 0.3) is 11.1 Å². The fraction of sp³-hybridized carbons (Fsp3) is 0.333. The van der Waals surface area contributed by atoms with Crippen molar-refractivity contribution in [3.8, 4) is 16.9 Å². The maximum atomic E-state index is 5.65. The molecule has 22 heavy (non-hydrogen) atoms. The molecular weight excluding hydrogens is 280 g/mol. The summed E-state index contributed by atoms with van der Waals surface area (Å²) in [7, 11) is 0. The van der Waals surface area contributed by atoms with Crippen LogP contribution < -0.4 is 4.74 Å². The molecule has 0 aromatic heterocycles. The van der Waals surface area contributed by atoms with Gasteiger partial charge in [-0.2, -0.15) is 0 Å². The molecule has 2 saturated heterocycles. The van der Waals surface area contributed by atoms with E-state index in [-0.39, 0.29) is 12.2 Å². The lowest BCUT2D eigenvalue weighted by Gasteiger charge is -2.24. The van der Waals surface area contributed by atoms with E-state index < -0.39 is 0 Å². The van der Waals surface area contributed by atoms with Gasteiger partial charge in [0.2, 0.25) is 0 Å². The minimum Gasteiger partial charge on any atom is -0.491 e. The Morgan fingerprint density at radius 2 is 1.50 bits per heavy atom. The summed E-state index contributed by atoms with van der Waals surface area (Å²) < 4.78 is 10.8. The second kappa shape index (κ2) is 6.08. The second-order valence-electron chi connectivity index (χ2n) is 5.69. The van der Waals surface area contributed by atoms with Crippen molar-refractivity contribution in [3.63, 3.8) is 0 Å². The van der Waals surface area contributed by atoms with Crippen LogP contribution in [0.2, 0.25) is 0 Å². The molecule has 0 radical (unpaired) electrons. The second-order valence-corrected chi connectivity index (χ2v) is 5.69. The van der Waals surface area contributed by atoms with Crippen LogP contribution in [0, 0.1) is 0 Å². The molecule has 2 fully saturated rings. The molecule has 0 amide bonds. The lowest BCUT2D eigenvalue weighted by molar-refractivity contribution is -0.423. The van der Waals surface area contributed by atoms with E-state index in [1.54, 1.807) is 0 Å². The van der Waals surface area contributed by atoms with Crippen LogP contribution in [-0.4, -0.2) is 32.0 Å². The van der Waals surface area contributed by atoms with Crippen molar-refractivity contribution in [1.29, 1.82) is 0 Å². The van der Waals surface area contributed by atoms with Crippen LogP contribution in [0.3, 0.4) is 0 Å². The van der Waals surface area contributed by atoms with E-state index in [1.807, 2.05) is 12.1 Å². The average Bonchev–Trinajstić information content (AvgIpc) is 3.34. The lowest BCUT2D eigenvalue weighted by Crippen LogP contribution is -2.32. The van der Waals surface area contributed by atoms with E-state index in [4.69, 9.17) is 19.2 Å². The van der Waals surface area contributed by atoms with Crippen LogP contribution in [-0.2, 0) is 20.9 Å². The van der Waals surface area contributed by atoms with E-state index in [0.717, 1.165) is 18.8 Å². The standard InChI is InChI=1S/C18H18O4/c1-3-14(4-2-13(1)9-17-12-21-22-17)15-5-7-16(8-6-15)19-10-18-11-20-18/h1-8,17-18H,9-12H2. The van der Waals surface area contributed by atoms with Crippen molar-refractivity contribution >= 4 is 0 Å². The van der Waals surface area contributed by atoms with Gasteiger partial charge in [-0.3, -0.25) is 0 Å². The molecule has 0 bridgehead atoms. The Labute approximate surface area is 129 Å². The summed E-state index contributed by atoms with van der Waals surface area (Å²) in [5.74, 6) is 0.887. The summed E-state index contributed by atoms with van der Waals surface area (Å²) in [6.07, 6.45) is 1.39. The van der Waals surface area contributed by atoms with Gasteiger partial charge in [-0.1, -0.05) is 36.4 Å². The maximum absolute atomic E-state index is 5.65. The summed E-state index contributed by atoms with van der Waals surface area (Å²) >= 11 is 0. The molecule has 2 unspecified atom stereocenters. The fourth-order valence-corrected chi connectivity index (χ4v) is 2.45. The van der Waals surface area contributed by atoms with Crippen molar-refractivity contribution < 1.29 is 19.2 Å². The molecule has 2 aliphatic rings. The van der Waals surface area contributed by atoms with Gasteiger partial charge in [0.25, 0.3) is 0 Å². The van der Waals surface area contributed by atoms with E-state index in [0.29, 0.717) is 13.2 Å². The molecule has 4 rings (SSSR count). The van der Waals surface area contributed by atoms with Crippen LogP contribution >= 0.6 is 0 Å². The monoisotopic (exact) mass is 298 g/mol. The van der Waals surface area contributed by atoms with Crippen LogP contribution in [0.4, 0.5) is 0 Å². The topological polar surface area (TPSA) is 40.2 Å². The summed E-state index contributed by atoms with van der Waals surface area (Å²) in [5.41, 5.74) is 3.65. The Morgan fingerprint density at radius 1 is 0.864 bits per heavy atom. The van der Waals surface area contributed by atoms with Crippen molar-refractivity contribution in [1.82, 2.24) is 0 Å². The highest BCUT2D eigenvalue weighted by atomic mass is 17.2. The summed E-state index contributed by atoms with van der Waals surface area (Å²) in [6.45, 7) is 2.15. The summed E-state index contributed by atoms with van der Waals surface area (Å²) in [4.78, 5) is 9.71. The first kappa shape index (κ1) is 13.8. The normalized spacial score (nSPS) is 22.9. The third kappa shape index (κ3) is 3.30. The number of hydrogen-bond acceptors (Lipinski definition) is 4. The summed E-state index contributed by atoms with van der Waals surface area (Å²) in [5, 5.41) is 0. The highest BCUT2D eigenvalue weighted by Crippen LogP contribution is 2.24. The highest BCUT2D eigenvalue weighted by Gasteiger charge is 2.23. The van der Waals surface area contributed by atoms with E-state index in [1.165, 1.54) is 16.7 Å². The zero-order valence-corrected chi connectivity index (χ0v) is 12.2. The molecule has 0 aliphatic carbocycles. The maximum Gasteiger partial charge on any atom is 0.123 e. The Balaban J connectivity index is 1.39. The molecule has 2 heterocycles. The molecule has 2 aromatic rings. The zero-order chi connectivity index (χ0) is 14.8. The molecule has 0 N–H and O–H groups in total. The van der Waals surface area contributed by atoms with Crippen molar-refractivity contribution in [2.45, 2.75) is 18.6 Å². The van der Waals surface area contributed by atoms with E-state index in [2.05, 4.69) is 36.4 Å². The first-order chi connectivity index (χ1) is 10.9. The van der Waals surface area contributed by atoms with Crippen molar-refractivity contribution in [2.24, 2.45) is 0 Å². The molecule has 0 spiro atoms. The van der Waals surface area contributed by atoms with Gasteiger partial charge >= 0.3 is 0 Å². The third-order valence-corrected chi connectivity index (χ3v) is 3.90. The minimum absolute atomic E-state index is 0.206. The molecule has 4 nitrogen and oxygen atoms in total. The van der Waals surface area contributed by atoms with Gasteiger partial charge in [0.05, 0.1) is 6.61 Å². The Morgan fingerprint density at radius 3 is 2.05 bits per heavy atom. The number of ether oxygens (including phenoxy) is 2. The van der Waals surface area contributed by atoms with E-state index >= 15 is 0 Å². The van der Waals surface area contributed by atoms with Crippen LogP contribution in [0.15, 0.2) is 48.5 Å². The van der Waals surface area contributed by atoms with Gasteiger partial charge in [0.1, 0.15) is 31.2 Å². The SMILES string of the molecule is c1cc(-c2ccc(OCC3CO3)cc2)ccc1CC1COO1. The largest absolute Gasteiger partial charge is 0.491 e. The average molecular weight is 298 g/mol. The van der Waals surface area contributed by atoms with Gasteiger partial charge in [-0.05, 0) is 28.8 Å². The third-order valence-electron chi connectivity index (χ3n) is 3.90. The van der Waals surface area contributed by atoms with Gasteiger partial charge in [0, 0.05) is 6.42 Å². The number of hydrogen-bond donors (Lipinski definition) is 0. The Hall–Kier alpha value is -1.88. The Bertz CT molecular complexity index is 613. The molecule has 4 heteroatoms. The number of benzene rings is 2. The van der Waals surface area contributed by atoms with Crippen LogP contribution in [0.5, 0.6) is 5.75 Å². The summed E-state index contributed by atoms with van der Waals surface area (Å²) in [6, 6.07) is 16.8. The first-order valence-corrected chi connectivity index (χ1v) is 7.59. The molecule has 0 saturated carbocycles. The van der Waals surface area contributed by atoms with E-state index in [9.17, 15) is 0 Å². The van der Waals surface area contributed by atoms with Crippen molar-refractivity contribution in [3.05, 3.63) is 54.1 Å². The fourth-order valence-electron chi connectivity index (χ4n) is 2.45. The van der Waals surface area contributed by atoms with Gasteiger partial charge < -0.3 is 9.47 Å². The molecule has 114 valence electrons. The quantitative estimate of drug-likeness (QED) is 0.607. The lowest BCUT2D eigenvalue weighted by atomic mass is 10.0. The molecule has 2 aliphatic heterocycles. The first-order valence-electron chi connectivity index (χ1n) is 7.59. The molecule has 2 aromatic carbocycles. The number of rotatable bonds is 6. The van der Waals surface area contributed by atoms with Gasteiger partial charge in [-0.25, -0.2) is 9.78 Å². The predicted molar refractivity (Wildman–Crippen MR) is 81.6 cm³/mol. The minimum atomic E-state index is 0.206. The smallest absolute Gasteiger partial charge is 0.123 e. The zero-order valence-electron chi connectivity index (χ0n) is 12.2. The van der Waals surface area contributed by atoms with Crippen LogP contribution in [0.1, 0.15) is 5.56 Å². The van der Waals surface area contributed by atoms with Gasteiger partial charge in [-0.15, -0.1) is 0 Å². The Kier molecular flexibility index (Phi) is 3.81. The molecule has 2 atom stereocenters. The number of epoxide rings is 1. The van der Waals surface area contributed by atoms with Gasteiger partial charge in [0.15, 0.2) is 0 Å². The molecular formula is C18H18O4. The van der Waals surface area contributed by atoms with Crippen molar-refractivity contribution in [2.75, 3.05) is 19.8 Å². The highest BCUT2D eigenvalue weighted by molar-refractivity contribution is 5.64.